The number of benzene rings is 4. The third-order valence-corrected chi connectivity index (χ3v) is 9.84. The summed E-state index contributed by atoms with van der Waals surface area (Å²) in [5, 5.41) is 22.9. The van der Waals surface area contributed by atoms with Crippen LogP contribution in [0.5, 0.6) is 34.5 Å². The van der Waals surface area contributed by atoms with Gasteiger partial charge in [-0.25, -0.2) is 0 Å². The molecule has 4 aromatic carbocycles. The van der Waals surface area contributed by atoms with Gasteiger partial charge in [0.25, 0.3) is 5.91 Å². The molecule has 1 aromatic heterocycles. The fraction of sp³-hybridized carbons (Fsp3) is 0.256. The van der Waals surface area contributed by atoms with E-state index in [0.29, 0.717) is 81.2 Å². The van der Waals surface area contributed by atoms with Gasteiger partial charge in [0, 0.05) is 28.6 Å². The molecule has 0 aliphatic carbocycles. The Balaban J connectivity index is 0.796. The van der Waals surface area contributed by atoms with Gasteiger partial charge in [-0.3, -0.25) is 19.7 Å². The molecule has 3 amide bonds. The van der Waals surface area contributed by atoms with Crippen LogP contribution in [0.15, 0.2) is 84.9 Å². The zero-order valence-electron chi connectivity index (χ0n) is 28.0. The average molecular weight is 725 g/mol. The molecule has 3 N–H and O–H groups in total. The molecule has 1 fully saturated rings. The minimum atomic E-state index is -0.651. The van der Waals surface area contributed by atoms with Crippen LogP contribution in [0.25, 0.3) is 20.5 Å². The fourth-order valence-electron chi connectivity index (χ4n) is 6.09. The highest BCUT2D eigenvalue weighted by Gasteiger charge is 2.39. The number of phenolic OH excluding ortho intramolecular Hbond substituents is 2. The summed E-state index contributed by atoms with van der Waals surface area (Å²) in [6, 6.07) is 24.0. The number of piperidine rings is 1. The van der Waals surface area contributed by atoms with E-state index in [9.17, 15) is 24.6 Å². The number of hydrogen-bond donors (Lipinski definition) is 3. The Morgan fingerprint density at radius 2 is 1.38 bits per heavy atom. The summed E-state index contributed by atoms with van der Waals surface area (Å²) in [6.45, 7) is 2.48. The Hall–Kier alpha value is -5.63. The molecule has 5 aromatic rings. The minimum absolute atomic E-state index is 0.178. The molecule has 0 saturated carbocycles. The van der Waals surface area contributed by atoms with Crippen LogP contribution >= 0.6 is 11.3 Å². The quantitative estimate of drug-likeness (QED) is 0.0863. The van der Waals surface area contributed by atoms with Gasteiger partial charge < -0.3 is 38.8 Å². The molecule has 2 aliphatic heterocycles. The van der Waals surface area contributed by atoms with Crippen molar-refractivity contribution in [3.05, 3.63) is 96.1 Å². The molecule has 0 bridgehead atoms. The van der Waals surface area contributed by atoms with Gasteiger partial charge in [-0.1, -0.05) is 0 Å². The highest BCUT2D eigenvalue weighted by molar-refractivity contribution is 7.22. The van der Waals surface area contributed by atoms with Crippen LogP contribution < -0.4 is 19.5 Å². The first-order valence-corrected chi connectivity index (χ1v) is 17.7. The second kappa shape index (κ2) is 15.7. The van der Waals surface area contributed by atoms with Crippen molar-refractivity contribution < 1.29 is 48.3 Å². The number of fused-ring (bicyclic) bond motifs is 2. The number of carbonyl (C=O) groups excluding carboxylic acids is 3. The molecule has 13 heteroatoms. The van der Waals surface area contributed by atoms with Gasteiger partial charge in [-0.15, -0.1) is 11.3 Å². The van der Waals surface area contributed by atoms with E-state index in [4.69, 9.17) is 23.7 Å². The van der Waals surface area contributed by atoms with Crippen molar-refractivity contribution in [1.82, 2.24) is 10.2 Å². The number of thiophene rings is 1. The molecule has 0 spiro atoms. The standard InChI is InChI=1S/C39H36N2O10S/c42-26-3-1-24(2-4-26)37-36(32-11-5-27(43)22-34(32)52-37)51-29-8-6-28(7-9-29)49-19-17-47-15-16-48-18-20-50-30-10-12-31-25(21-30)23-41(39(31)46)33-13-14-35(44)40-38(33)45/h1-12,21-22,33,42-43H,13-20,23H2,(H,40,44,45). The van der Waals surface area contributed by atoms with E-state index in [1.165, 1.54) is 16.2 Å². The van der Waals surface area contributed by atoms with E-state index in [0.717, 1.165) is 26.1 Å². The first-order chi connectivity index (χ1) is 25.3. The summed E-state index contributed by atoms with van der Waals surface area (Å²) >= 11 is 1.50. The van der Waals surface area contributed by atoms with Gasteiger partial charge in [0.2, 0.25) is 11.8 Å². The number of nitrogens with zero attached hydrogens (tertiary/aromatic N) is 1. The Labute approximate surface area is 303 Å². The normalized spacial score (nSPS) is 15.5. The highest BCUT2D eigenvalue weighted by Crippen LogP contribution is 2.47. The molecule has 1 atom stereocenters. The van der Waals surface area contributed by atoms with Crippen molar-refractivity contribution >= 4 is 39.1 Å². The zero-order valence-corrected chi connectivity index (χ0v) is 28.9. The van der Waals surface area contributed by atoms with E-state index in [-0.39, 0.29) is 29.7 Å². The van der Waals surface area contributed by atoms with Crippen LogP contribution in [0, 0.1) is 0 Å². The van der Waals surface area contributed by atoms with Crippen LogP contribution in [-0.2, 0) is 25.6 Å². The number of rotatable bonds is 15. The van der Waals surface area contributed by atoms with Crippen molar-refractivity contribution in [2.75, 3.05) is 39.6 Å². The van der Waals surface area contributed by atoms with Gasteiger partial charge in [0.15, 0.2) is 5.75 Å². The Bertz CT molecular complexity index is 2080. The van der Waals surface area contributed by atoms with Gasteiger partial charge in [-0.2, -0.15) is 0 Å². The van der Waals surface area contributed by atoms with E-state index in [2.05, 4.69) is 5.32 Å². The second-order valence-electron chi connectivity index (χ2n) is 12.2. The summed E-state index contributed by atoms with van der Waals surface area (Å²) < 4.78 is 30.1. The van der Waals surface area contributed by atoms with Crippen LogP contribution in [-0.4, -0.2) is 78.5 Å². The van der Waals surface area contributed by atoms with Gasteiger partial charge in [0.05, 0.1) is 31.3 Å². The lowest BCUT2D eigenvalue weighted by molar-refractivity contribution is -0.136. The second-order valence-corrected chi connectivity index (χ2v) is 13.3. The van der Waals surface area contributed by atoms with Crippen molar-refractivity contribution in [2.45, 2.75) is 25.4 Å². The van der Waals surface area contributed by atoms with Crippen molar-refractivity contribution in [3.63, 3.8) is 0 Å². The molecule has 3 heterocycles. The van der Waals surface area contributed by atoms with Crippen molar-refractivity contribution in [1.29, 1.82) is 0 Å². The molecule has 1 saturated heterocycles. The van der Waals surface area contributed by atoms with Crippen LogP contribution in [0.1, 0.15) is 28.8 Å². The van der Waals surface area contributed by atoms with Crippen LogP contribution in [0.2, 0.25) is 0 Å². The highest BCUT2D eigenvalue weighted by atomic mass is 32.1. The van der Waals surface area contributed by atoms with Crippen LogP contribution in [0.4, 0.5) is 0 Å². The summed E-state index contributed by atoms with van der Waals surface area (Å²) in [5.74, 6) is 1.96. The van der Waals surface area contributed by atoms with E-state index in [1.807, 2.05) is 42.5 Å². The van der Waals surface area contributed by atoms with Crippen molar-refractivity contribution in [3.8, 4) is 44.9 Å². The predicted molar refractivity (Wildman–Crippen MR) is 192 cm³/mol. The lowest BCUT2D eigenvalue weighted by Gasteiger charge is -2.29. The van der Waals surface area contributed by atoms with E-state index < -0.39 is 11.9 Å². The lowest BCUT2D eigenvalue weighted by Crippen LogP contribution is -2.52. The van der Waals surface area contributed by atoms with Crippen molar-refractivity contribution in [2.24, 2.45) is 0 Å². The smallest absolute Gasteiger partial charge is 0.255 e. The van der Waals surface area contributed by atoms with E-state index in [1.54, 1.807) is 42.5 Å². The average Bonchev–Trinajstić information content (AvgIpc) is 3.66. The predicted octanol–water partition coefficient (Wildman–Crippen LogP) is 6.02. The van der Waals surface area contributed by atoms with Crippen LogP contribution in [0.3, 0.4) is 0 Å². The van der Waals surface area contributed by atoms with Gasteiger partial charge in [-0.05, 0) is 102 Å². The zero-order chi connectivity index (χ0) is 36.0. The molecule has 268 valence electrons. The molecule has 7 rings (SSSR count). The first kappa shape index (κ1) is 34.8. The minimum Gasteiger partial charge on any atom is -0.508 e. The molecule has 52 heavy (non-hydrogen) atoms. The number of phenols is 2. The fourth-order valence-corrected chi connectivity index (χ4v) is 7.26. The van der Waals surface area contributed by atoms with Gasteiger partial charge in [0.1, 0.15) is 48.0 Å². The number of carbonyl (C=O) groups is 3. The summed E-state index contributed by atoms with van der Waals surface area (Å²) in [5.41, 5.74) is 2.21. The molecule has 1 unspecified atom stereocenters. The third-order valence-electron chi connectivity index (χ3n) is 8.66. The lowest BCUT2D eigenvalue weighted by atomic mass is 10.0. The Kier molecular flexibility index (Phi) is 10.5. The molecule has 12 nitrogen and oxygen atoms in total. The molecular formula is C39H36N2O10S. The maximum absolute atomic E-state index is 12.9. The summed E-state index contributed by atoms with van der Waals surface area (Å²) in [4.78, 5) is 39.0. The Morgan fingerprint density at radius 1 is 0.731 bits per heavy atom. The summed E-state index contributed by atoms with van der Waals surface area (Å²) in [6.07, 6.45) is 0.533. The van der Waals surface area contributed by atoms with E-state index >= 15 is 0 Å². The molecular weight excluding hydrogens is 688 g/mol. The topological polar surface area (TPSA) is 153 Å². The number of imide groups is 1. The largest absolute Gasteiger partial charge is 0.508 e. The maximum Gasteiger partial charge on any atom is 0.255 e. The molecule has 2 aliphatic rings. The SMILES string of the molecule is O=C1CCC(N2Cc3cc(OCCOCCOCCOc4ccc(Oc5c(-c6ccc(O)cc6)sc6cc(O)ccc56)cc4)ccc3C2=O)C(=O)N1. The third kappa shape index (κ3) is 7.96. The number of nitrogens with one attached hydrogen (secondary N) is 1. The molecule has 0 radical (unpaired) electrons. The Morgan fingerprint density at radius 3 is 2.12 bits per heavy atom. The van der Waals surface area contributed by atoms with Gasteiger partial charge >= 0.3 is 0 Å². The number of hydrogen-bond acceptors (Lipinski definition) is 11. The monoisotopic (exact) mass is 724 g/mol. The number of aromatic hydroxyl groups is 2. The number of amides is 3. The first-order valence-electron chi connectivity index (χ1n) is 16.8. The summed E-state index contributed by atoms with van der Waals surface area (Å²) in [7, 11) is 0. The number of ether oxygens (including phenoxy) is 5. The maximum atomic E-state index is 12.9.